The molecule has 2 aromatic rings. The minimum absolute atomic E-state index is 0.0469. The number of nitrogens with zero attached hydrogens (tertiary/aromatic N) is 1. The van der Waals surface area contributed by atoms with E-state index in [2.05, 4.69) is 16.4 Å². The quantitative estimate of drug-likeness (QED) is 0.662. The van der Waals surface area contributed by atoms with Gasteiger partial charge in [0.15, 0.2) is 0 Å². The number of hydrogen-bond acceptors (Lipinski definition) is 2. The third-order valence-corrected chi connectivity index (χ3v) is 4.21. The maximum absolute atomic E-state index is 12.0. The number of allylic oxidation sites excluding steroid dienone is 1. The average Bonchev–Trinajstić information content (AvgIpc) is 2.61. The summed E-state index contributed by atoms with van der Waals surface area (Å²) in [6.07, 6.45) is 13.5. The van der Waals surface area contributed by atoms with Crippen LogP contribution < -0.4 is 5.32 Å². The molecule has 1 heterocycles. The van der Waals surface area contributed by atoms with Crippen molar-refractivity contribution in [1.82, 2.24) is 10.3 Å². The Morgan fingerprint density at radius 3 is 3.00 bits per heavy atom. The summed E-state index contributed by atoms with van der Waals surface area (Å²) >= 11 is 0. The van der Waals surface area contributed by atoms with Crippen LogP contribution in [0.4, 0.5) is 0 Å². The molecule has 3 rings (SSSR count). The van der Waals surface area contributed by atoms with Gasteiger partial charge in [-0.25, -0.2) is 0 Å². The first kappa shape index (κ1) is 15.5. The first-order valence-electron chi connectivity index (χ1n) is 8.30. The molecular weight excluding hydrogens is 284 g/mol. The fourth-order valence-corrected chi connectivity index (χ4v) is 2.96. The summed E-state index contributed by atoms with van der Waals surface area (Å²) in [6.45, 7) is 0.711. The highest BCUT2D eigenvalue weighted by Crippen LogP contribution is 2.19. The number of fused-ring (bicyclic) bond motifs is 1. The molecule has 0 fully saturated rings. The second-order valence-corrected chi connectivity index (χ2v) is 5.90. The lowest BCUT2D eigenvalue weighted by Gasteiger charge is -2.12. The van der Waals surface area contributed by atoms with Gasteiger partial charge in [-0.1, -0.05) is 35.9 Å². The Bertz CT molecular complexity index is 741. The smallest absolute Gasteiger partial charge is 0.244 e. The predicted octanol–water partition coefficient (Wildman–Crippen LogP) is 4.25. The molecule has 1 N–H and O–H groups in total. The van der Waals surface area contributed by atoms with Crippen molar-refractivity contribution in [1.29, 1.82) is 0 Å². The monoisotopic (exact) mass is 306 g/mol. The molecule has 23 heavy (non-hydrogen) atoms. The van der Waals surface area contributed by atoms with E-state index in [0.29, 0.717) is 6.54 Å². The van der Waals surface area contributed by atoms with Crippen LogP contribution in [-0.4, -0.2) is 17.4 Å². The summed E-state index contributed by atoms with van der Waals surface area (Å²) in [5.74, 6) is -0.0469. The average molecular weight is 306 g/mol. The number of pyridine rings is 1. The highest BCUT2D eigenvalue weighted by molar-refractivity contribution is 5.95. The standard InChI is InChI=1S/C20H22N2O/c23-19(21-15-13-16-6-2-1-3-7-16)12-11-18-9-4-8-17-10-5-14-22-20(17)18/h4-6,8-12,14H,1-3,7,13,15H2,(H,21,23)/b12-11+. The van der Waals surface area contributed by atoms with Crippen LogP contribution in [0, 0.1) is 0 Å². The van der Waals surface area contributed by atoms with Gasteiger partial charge in [-0.05, 0) is 44.2 Å². The van der Waals surface area contributed by atoms with Crippen molar-refractivity contribution < 1.29 is 4.79 Å². The van der Waals surface area contributed by atoms with E-state index >= 15 is 0 Å². The summed E-state index contributed by atoms with van der Waals surface area (Å²) in [4.78, 5) is 16.3. The van der Waals surface area contributed by atoms with Crippen LogP contribution >= 0.6 is 0 Å². The molecule has 1 aromatic heterocycles. The van der Waals surface area contributed by atoms with Crippen LogP contribution in [-0.2, 0) is 4.79 Å². The Morgan fingerprint density at radius 1 is 1.22 bits per heavy atom. The van der Waals surface area contributed by atoms with Crippen LogP contribution in [0.25, 0.3) is 17.0 Å². The van der Waals surface area contributed by atoms with Crippen molar-refractivity contribution in [2.45, 2.75) is 32.1 Å². The summed E-state index contributed by atoms with van der Waals surface area (Å²) in [5, 5.41) is 4.04. The number of hydrogen-bond donors (Lipinski definition) is 1. The molecule has 1 aromatic carbocycles. The maximum Gasteiger partial charge on any atom is 0.244 e. The number of rotatable bonds is 5. The zero-order valence-corrected chi connectivity index (χ0v) is 13.3. The molecule has 3 heteroatoms. The summed E-state index contributed by atoms with van der Waals surface area (Å²) in [6, 6.07) is 9.93. The van der Waals surface area contributed by atoms with Gasteiger partial charge in [-0.2, -0.15) is 0 Å². The Kier molecular flexibility index (Phi) is 5.20. The number of carbonyl (C=O) groups is 1. The third kappa shape index (κ3) is 4.28. The van der Waals surface area contributed by atoms with Crippen LogP contribution in [0.3, 0.4) is 0 Å². The maximum atomic E-state index is 12.0. The lowest BCUT2D eigenvalue weighted by Crippen LogP contribution is -2.22. The van der Waals surface area contributed by atoms with E-state index in [1.165, 1.54) is 31.3 Å². The number of nitrogens with one attached hydrogen (secondary N) is 1. The van der Waals surface area contributed by atoms with Gasteiger partial charge in [0.1, 0.15) is 0 Å². The predicted molar refractivity (Wildman–Crippen MR) is 95.0 cm³/mol. The molecular formula is C20H22N2O. The van der Waals surface area contributed by atoms with Crippen molar-refractivity contribution in [3.63, 3.8) is 0 Å². The molecule has 1 aliphatic rings. The Balaban J connectivity index is 1.56. The number of para-hydroxylation sites is 1. The Hall–Kier alpha value is -2.42. The van der Waals surface area contributed by atoms with Crippen LogP contribution in [0.2, 0.25) is 0 Å². The van der Waals surface area contributed by atoms with Gasteiger partial charge in [0.2, 0.25) is 5.91 Å². The largest absolute Gasteiger partial charge is 0.352 e. The molecule has 0 radical (unpaired) electrons. The Morgan fingerprint density at radius 2 is 2.13 bits per heavy atom. The van der Waals surface area contributed by atoms with E-state index in [4.69, 9.17) is 0 Å². The number of benzene rings is 1. The van der Waals surface area contributed by atoms with E-state index in [-0.39, 0.29) is 5.91 Å². The molecule has 1 aliphatic carbocycles. The van der Waals surface area contributed by atoms with Gasteiger partial charge in [-0.15, -0.1) is 0 Å². The van der Waals surface area contributed by atoms with E-state index in [1.807, 2.05) is 36.4 Å². The SMILES string of the molecule is O=C(/C=C/c1cccc2cccnc12)NCCC1=CCCCC1. The fraction of sp³-hybridized carbons (Fsp3) is 0.300. The molecule has 0 saturated carbocycles. The molecule has 0 atom stereocenters. The summed E-state index contributed by atoms with van der Waals surface area (Å²) < 4.78 is 0. The van der Waals surface area contributed by atoms with E-state index in [1.54, 1.807) is 12.3 Å². The minimum Gasteiger partial charge on any atom is -0.352 e. The first-order chi connectivity index (χ1) is 11.3. The van der Waals surface area contributed by atoms with Crippen molar-refractivity contribution in [3.8, 4) is 0 Å². The van der Waals surface area contributed by atoms with Gasteiger partial charge in [0.25, 0.3) is 0 Å². The number of aromatic nitrogens is 1. The lowest BCUT2D eigenvalue weighted by atomic mass is 9.97. The van der Waals surface area contributed by atoms with Gasteiger partial charge in [0, 0.05) is 29.8 Å². The van der Waals surface area contributed by atoms with Crippen LogP contribution in [0.1, 0.15) is 37.7 Å². The number of carbonyl (C=O) groups excluding carboxylic acids is 1. The molecule has 0 unspecified atom stereocenters. The molecule has 0 bridgehead atoms. The number of amides is 1. The minimum atomic E-state index is -0.0469. The second kappa shape index (κ2) is 7.73. The van der Waals surface area contributed by atoms with Gasteiger partial charge < -0.3 is 5.32 Å². The van der Waals surface area contributed by atoms with Crippen molar-refractivity contribution in [2.24, 2.45) is 0 Å². The Labute approximate surface area is 137 Å². The first-order valence-corrected chi connectivity index (χ1v) is 8.30. The third-order valence-electron chi connectivity index (χ3n) is 4.21. The van der Waals surface area contributed by atoms with Gasteiger partial charge in [-0.3, -0.25) is 9.78 Å². The van der Waals surface area contributed by atoms with E-state index in [0.717, 1.165) is 22.9 Å². The van der Waals surface area contributed by atoms with E-state index < -0.39 is 0 Å². The summed E-state index contributed by atoms with van der Waals surface area (Å²) in [5.41, 5.74) is 3.37. The van der Waals surface area contributed by atoms with Gasteiger partial charge >= 0.3 is 0 Å². The lowest BCUT2D eigenvalue weighted by molar-refractivity contribution is -0.116. The molecule has 118 valence electrons. The highest BCUT2D eigenvalue weighted by atomic mass is 16.1. The molecule has 0 spiro atoms. The fourth-order valence-electron chi connectivity index (χ4n) is 2.96. The summed E-state index contributed by atoms with van der Waals surface area (Å²) in [7, 11) is 0. The van der Waals surface area contributed by atoms with E-state index in [9.17, 15) is 4.79 Å². The topological polar surface area (TPSA) is 42.0 Å². The van der Waals surface area contributed by atoms with Crippen LogP contribution in [0.15, 0.2) is 54.3 Å². The van der Waals surface area contributed by atoms with Crippen LogP contribution in [0.5, 0.6) is 0 Å². The van der Waals surface area contributed by atoms with Crippen molar-refractivity contribution in [3.05, 3.63) is 59.8 Å². The molecule has 3 nitrogen and oxygen atoms in total. The zero-order chi connectivity index (χ0) is 15.9. The molecule has 1 amide bonds. The molecule has 0 aliphatic heterocycles. The zero-order valence-electron chi connectivity index (χ0n) is 13.3. The molecule has 0 saturated heterocycles. The second-order valence-electron chi connectivity index (χ2n) is 5.90. The van der Waals surface area contributed by atoms with Crippen molar-refractivity contribution in [2.75, 3.05) is 6.54 Å². The van der Waals surface area contributed by atoms with Gasteiger partial charge in [0.05, 0.1) is 5.52 Å². The highest BCUT2D eigenvalue weighted by Gasteiger charge is 2.04. The normalized spacial score (nSPS) is 14.9. The van der Waals surface area contributed by atoms with Crippen molar-refractivity contribution >= 4 is 22.9 Å².